The van der Waals surface area contributed by atoms with Crippen molar-refractivity contribution in [2.45, 2.75) is 33.4 Å². The first kappa shape index (κ1) is 17.2. The summed E-state index contributed by atoms with van der Waals surface area (Å²) < 4.78 is 3.26. The van der Waals surface area contributed by atoms with Gasteiger partial charge in [0.25, 0.3) is 5.91 Å². The van der Waals surface area contributed by atoms with Crippen molar-refractivity contribution in [1.82, 2.24) is 29.2 Å². The zero-order valence-electron chi connectivity index (χ0n) is 15.4. The topological polar surface area (TPSA) is 106 Å². The maximum atomic E-state index is 12.8. The largest absolute Gasteiger partial charge is 0.334 e. The van der Waals surface area contributed by atoms with E-state index >= 15 is 0 Å². The van der Waals surface area contributed by atoms with Crippen LogP contribution in [0.3, 0.4) is 0 Å². The third kappa shape index (κ3) is 2.75. The molecule has 1 aromatic carbocycles. The molecule has 2 aromatic heterocycles. The molecule has 3 heterocycles. The molecule has 0 unspecified atom stereocenters. The molecule has 27 heavy (non-hydrogen) atoms. The fourth-order valence-electron chi connectivity index (χ4n) is 3.57. The molecule has 1 N–H and O–H groups in total. The Hall–Kier alpha value is -3.23. The maximum absolute atomic E-state index is 12.8. The zero-order chi connectivity index (χ0) is 19.3. The average Bonchev–Trinajstić information content (AvgIpc) is 2.92. The van der Waals surface area contributed by atoms with Gasteiger partial charge in [-0.1, -0.05) is 0 Å². The number of hydrogen-bond acceptors (Lipinski definition) is 5. The summed E-state index contributed by atoms with van der Waals surface area (Å²) in [5, 5.41) is 4.37. The molecular weight excluding hydrogens is 348 g/mol. The molecule has 1 fully saturated rings. The van der Waals surface area contributed by atoms with E-state index in [9.17, 15) is 14.4 Å². The highest BCUT2D eigenvalue weighted by molar-refractivity contribution is 5.97. The van der Waals surface area contributed by atoms with Gasteiger partial charge in [0.1, 0.15) is 11.6 Å². The smallest absolute Gasteiger partial charge is 0.316 e. The molecule has 4 rings (SSSR count). The van der Waals surface area contributed by atoms with Crippen LogP contribution < -0.4 is 11.1 Å². The van der Waals surface area contributed by atoms with Gasteiger partial charge in [-0.2, -0.15) is 5.10 Å². The highest BCUT2D eigenvalue weighted by atomic mass is 16.2. The van der Waals surface area contributed by atoms with Crippen LogP contribution in [0.5, 0.6) is 0 Å². The summed E-state index contributed by atoms with van der Waals surface area (Å²) in [5.74, 6) is 1.45. The number of carbonyl (C=O) groups is 1. The fraction of sp³-hybridized carbons (Fsp3) is 0.389. The lowest BCUT2D eigenvalue weighted by atomic mass is 10.1. The number of carbonyl (C=O) groups excluding carboxylic acids is 1. The Balaban J connectivity index is 1.59. The van der Waals surface area contributed by atoms with Crippen LogP contribution in [0.1, 0.15) is 35.0 Å². The van der Waals surface area contributed by atoms with Crippen molar-refractivity contribution in [1.29, 1.82) is 0 Å². The molecule has 0 atom stereocenters. The van der Waals surface area contributed by atoms with Crippen molar-refractivity contribution in [3.8, 4) is 0 Å². The predicted octanol–water partition coefficient (Wildman–Crippen LogP) is 0.615. The van der Waals surface area contributed by atoms with E-state index in [0.717, 1.165) is 11.6 Å². The number of fused-ring (bicyclic) bond motifs is 1. The fourth-order valence-corrected chi connectivity index (χ4v) is 3.57. The zero-order valence-corrected chi connectivity index (χ0v) is 15.4. The molecule has 140 valence electrons. The minimum Gasteiger partial charge on any atom is -0.334 e. The highest BCUT2D eigenvalue weighted by Crippen LogP contribution is 2.24. The van der Waals surface area contributed by atoms with E-state index in [1.807, 2.05) is 18.5 Å². The molecule has 9 nitrogen and oxygen atoms in total. The van der Waals surface area contributed by atoms with Gasteiger partial charge in [-0.05, 0) is 39.0 Å². The minimum absolute atomic E-state index is 0.113. The van der Waals surface area contributed by atoms with Gasteiger partial charge >= 0.3 is 11.1 Å². The van der Waals surface area contributed by atoms with Crippen LogP contribution in [0.2, 0.25) is 0 Å². The first-order chi connectivity index (χ1) is 12.9. The van der Waals surface area contributed by atoms with Crippen LogP contribution in [0.4, 0.5) is 0 Å². The van der Waals surface area contributed by atoms with Gasteiger partial charge in [-0.25, -0.2) is 9.67 Å². The van der Waals surface area contributed by atoms with Gasteiger partial charge in [-0.15, -0.1) is 0 Å². The molecule has 1 aliphatic heterocycles. The summed E-state index contributed by atoms with van der Waals surface area (Å²) in [6.07, 6.45) is 0. The van der Waals surface area contributed by atoms with Crippen LogP contribution in [0, 0.1) is 13.8 Å². The number of hydrogen-bond donors (Lipinski definition) is 1. The molecule has 0 spiro atoms. The first-order valence-corrected chi connectivity index (χ1v) is 8.85. The average molecular weight is 368 g/mol. The number of aromatic amines is 1. The van der Waals surface area contributed by atoms with Crippen molar-refractivity contribution in [3.63, 3.8) is 0 Å². The van der Waals surface area contributed by atoms with E-state index in [1.165, 1.54) is 4.57 Å². The van der Waals surface area contributed by atoms with Crippen molar-refractivity contribution in [2.75, 3.05) is 13.1 Å². The van der Waals surface area contributed by atoms with Crippen LogP contribution in [-0.4, -0.2) is 48.2 Å². The molecule has 3 aromatic rings. The summed E-state index contributed by atoms with van der Waals surface area (Å²) in [6, 6.07) is 5.14. The molecule has 0 bridgehead atoms. The van der Waals surface area contributed by atoms with E-state index in [2.05, 4.69) is 15.1 Å². The van der Waals surface area contributed by atoms with Crippen LogP contribution in [-0.2, 0) is 6.54 Å². The number of aromatic nitrogens is 5. The monoisotopic (exact) mass is 368 g/mol. The summed E-state index contributed by atoms with van der Waals surface area (Å²) in [4.78, 5) is 45.1. The standard InChI is InChI=1S/C18H20N6O3/c1-4-23-15-6-5-12(7-14(15)20-16(25)18(23)27)17(26)22-8-13(9-22)24-11(3)19-10(2)21-24/h5-7,13H,4,8-9H2,1-3H3,(H,20,25). The SMILES string of the molecule is CCn1c(=O)c(=O)[nH]c2cc(C(=O)N3CC(n4nc(C)nc4C)C3)ccc21. The Kier molecular flexibility index (Phi) is 3.94. The first-order valence-electron chi connectivity index (χ1n) is 8.85. The van der Waals surface area contributed by atoms with E-state index in [-0.39, 0.29) is 11.9 Å². The number of rotatable bonds is 3. The summed E-state index contributed by atoms with van der Waals surface area (Å²) in [7, 11) is 0. The quantitative estimate of drug-likeness (QED) is 0.682. The van der Waals surface area contributed by atoms with Crippen molar-refractivity contribution >= 4 is 16.9 Å². The second-order valence-corrected chi connectivity index (χ2v) is 6.75. The van der Waals surface area contributed by atoms with Crippen LogP contribution in [0.15, 0.2) is 27.8 Å². The van der Waals surface area contributed by atoms with Crippen LogP contribution >= 0.6 is 0 Å². The van der Waals surface area contributed by atoms with Crippen molar-refractivity contribution in [3.05, 3.63) is 56.1 Å². The summed E-state index contributed by atoms with van der Waals surface area (Å²) in [6.45, 7) is 7.05. The lowest BCUT2D eigenvalue weighted by Crippen LogP contribution is -2.51. The Morgan fingerprint density at radius 2 is 2.00 bits per heavy atom. The third-order valence-electron chi connectivity index (χ3n) is 4.94. The molecule has 0 radical (unpaired) electrons. The number of nitrogens with zero attached hydrogens (tertiary/aromatic N) is 5. The Labute approximate surface area is 154 Å². The van der Waals surface area contributed by atoms with E-state index in [4.69, 9.17) is 0 Å². The normalized spacial score (nSPS) is 14.6. The summed E-state index contributed by atoms with van der Waals surface area (Å²) in [5.41, 5.74) is 0.286. The lowest BCUT2D eigenvalue weighted by Gasteiger charge is -2.39. The third-order valence-corrected chi connectivity index (χ3v) is 4.94. The maximum Gasteiger partial charge on any atom is 0.316 e. The van der Waals surface area contributed by atoms with E-state index in [1.54, 1.807) is 30.0 Å². The Morgan fingerprint density at radius 3 is 2.63 bits per heavy atom. The number of H-pyrrole nitrogens is 1. The van der Waals surface area contributed by atoms with Gasteiger partial charge < -0.3 is 14.5 Å². The number of nitrogens with one attached hydrogen (secondary N) is 1. The number of likely N-dealkylation sites (tertiary alicyclic amines) is 1. The Bertz CT molecular complexity index is 1170. The highest BCUT2D eigenvalue weighted by Gasteiger charge is 2.34. The second kappa shape index (κ2) is 6.19. The predicted molar refractivity (Wildman–Crippen MR) is 98.9 cm³/mol. The van der Waals surface area contributed by atoms with E-state index in [0.29, 0.717) is 36.2 Å². The van der Waals surface area contributed by atoms with Gasteiger partial charge in [-0.3, -0.25) is 14.4 Å². The van der Waals surface area contributed by atoms with Gasteiger partial charge in [0, 0.05) is 25.2 Å². The van der Waals surface area contributed by atoms with Crippen LogP contribution in [0.25, 0.3) is 11.0 Å². The molecule has 1 amide bonds. The molecule has 0 saturated carbocycles. The minimum atomic E-state index is -0.685. The summed E-state index contributed by atoms with van der Waals surface area (Å²) >= 11 is 0. The molecule has 0 aliphatic carbocycles. The molecule has 1 saturated heterocycles. The lowest BCUT2D eigenvalue weighted by molar-refractivity contribution is 0.0497. The number of amides is 1. The Morgan fingerprint density at radius 1 is 1.26 bits per heavy atom. The van der Waals surface area contributed by atoms with Gasteiger partial charge in [0.05, 0.1) is 17.1 Å². The molecule has 1 aliphatic rings. The number of benzene rings is 1. The van der Waals surface area contributed by atoms with E-state index < -0.39 is 11.1 Å². The van der Waals surface area contributed by atoms with Gasteiger partial charge in [0.2, 0.25) is 0 Å². The van der Waals surface area contributed by atoms with Crippen molar-refractivity contribution in [2.24, 2.45) is 0 Å². The molecular formula is C18H20N6O3. The second-order valence-electron chi connectivity index (χ2n) is 6.75. The molecule has 9 heteroatoms. The van der Waals surface area contributed by atoms with Gasteiger partial charge in [0.15, 0.2) is 0 Å². The van der Waals surface area contributed by atoms with Crippen molar-refractivity contribution < 1.29 is 4.79 Å². The number of aryl methyl sites for hydroxylation is 3.